The quantitative estimate of drug-likeness (QED) is 0.605. The van der Waals surface area contributed by atoms with E-state index in [9.17, 15) is 14.9 Å². The van der Waals surface area contributed by atoms with Crippen molar-refractivity contribution >= 4 is 22.4 Å². The number of carbonyl (C=O) groups excluding carboxylic acids is 1. The van der Waals surface area contributed by atoms with E-state index >= 15 is 0 Å². The summed E-state index contributed by atoms with van der Waals surface area (Å²) in [4.78, 5) is 26.2. The van der Waals surface area contributed by atoms with Gasteiger partial charge in [0, 0.05) is 25.8 Å². The molecule has 0 saturated carbocycles. The number of aromatic nitrogens is 1. The zero-order chi connectivity index (χ0) is 13.8. The summed E-state index contributed by atoms with van der Waals surface area (Å²) in [5.74, 6) is -0.0942. The minimum atomic E-state index is -0.454. The summed E-state index contributed by atoms with van der Waals surface area (Å²) in [6.07, 6.45) is 1.70. The third kappa shape index (κ3) is 2.74. The molecule has 0 fully saturated rings. The molecule has 1 aromatic heterocycles. The summed E-state index contributed by atoms with van der Waals surface area (Å²) in [7, 11) is 1.45. The summed E-state index contributed by atoms with van der Waals surface area (Å²) in [6.45, 7) is 0.0192. The van der Waals surface area contributed by atoms with Gasteiger partial charge in [0.05, 0.1) is 15.8 Å². The van der Waals surface area contributed by atoms with Crippen LogP contribution in [0.5, 0.6) is 0 Å². The van der Waals surface area contributed by atoms with Gasteiger partial charge in [-0.05, 0) is 23.8 Å². The van der Waals surface area contributed by atoms with Crippen molar-refractivity contribution in [2.24, 2.45) is 0 Å². The number of benzene rings is 1. The van der Waals surface area contributed by atoms with Crippen LogP contribution in [-0.4, -0.2) is 29.4 Å². The van der Waals surface area contributed by atoms with Gasteiger partial charge in [-0.15, -0.1) is 0 Å². The van der Waals surface area contributed by atoms with E-state index in [2.05, 4.69) is 4.98 Å². The molecule has 6 nitrogen and oxygen atoms in total. The Hall–Kier alpha value is -2.34. The lowest BCUT2D eigenvalue weighted by atomic mass is 10.0. The first-order chi connectivity index (χ1) is 9.13. The second kappa shape index (κ2) is 5.53. The van der Waals surface area contributed by atoms with Crippen LogP contribution in [-0.2, 0) is 16.0 Å². The Bertz CT molecular complexity index is 640. The van der Waals surface area contributed by atoms with Crippen LogP contribution in [0.1, 0.15) is 5.56 Å². The summed E-state index contributed by atoms with van der Waals surface area (Å²) in [5.41, 5.74) is 1.15. The SMILES string of the molecule is COCC(=O)Cc1ccc([N+](=O)[O-])c2cccnc12. The Kier molecular flexibility index (Phi) is 3.82. The summed E-state index contributed by atoms with van der Waals surface area (Å²) in [6, 6.07) is 6.24. The number of fused-ring (bicyclic) bond motifs is 1. The maximum atomic E-state index is 11.6. The predicted molar refractivity (Wildman–Crippen MR) is 69.0 cm³/mol. The Morgan fingerprint density at radius 3 is 2.89 bits per heavy atom. The fraction of sp³-hybridized carbons (Fsp3) is 0.231. The number of nitrogens with zero attached hydrogens (tertiary/aromatic N) is 2. The average Bonchev–Trinajstić information content (AvgIpc) is 2.39. The van der Waals surface area contributed by atoms with Crippen LogP contribution in [0.25, 0.3) is 10.9 Å². The largest absolute Gasteiger partial charge is 0.377 e. The molecule has 1 heterocycles. The molecule has 2 aromatic rings. The lowest BCUT2D eigenvalue weighted by Gasteiger charge is -2.05. The van der Waals surface area contributed by atoms with Crippen LogP contribution in [0.3, 0.4) is 0 Å². The van der Waals surface area contributed by atoms with Gasteiger partial charge in [0.25, 0.3) is 5.69 Å². The molecule has 0 aliphatic carbocycles. The molecule has 2 rings (SSSR count). The van der Waals surface area contributed by atoms with Crippen LogP contribution in [0, 0.1) is 10.1 Å². The highest BCUT2D eigenvalue weighted by molar-refractivity contribution is 5.93. The van der Waals surface area contributed by atoms with Gasteiger partial charge in [-0.2, -0.15) is 0 Å². The van der Waals surface area contributed by atoms with Gasteiger partial charge < -0.3 is 4.74 Å². The third-order valence-corrected chi connectivity index (χ3v) is 2.72. The van der Waals surface area contributed by atoms with E-state index in [4.69, 9.17) is 4.74 Å². The van der Waals surface area contributed by atoms with E-state index < -0.39 is 4.92 Å². The Morgan fingerprint density at radius 2 is 2.21 bits per heavy atom. The highest BCUT2D eigenvalue weighted by Gasteiger charge is 2.16. The van der Waals surface area contributed by atoms with Gasteiger partial charge in [0.1, 0.15) is 6.61 Å². The van der Waals surface area contributed by atoms with Crippen LogP contribution >= 0.6 is 0 Å². The number of Topliss-reactive ketones (excluding diaryl/α,β-unsaturated/α-hetero) is 1. The molecule has 0 amide bonds. The molecule has 0 bridgehead atoms. The first-order valence-corrected chi connectivity index (χ1v) is 5.65. The van der Waals surface area contributed by atoms with Crippen LogP contribution in [0.4, 0.5) is 5.69 Å². The maximum absolute atomic E-state index is 11.6. The van der Waals surface area contributed by atoms with Crippen molar-refractivity contribution in [1.29, 1.82) is 0 Å². The minimum absolute atomic E-state index is 0.00830. The fourth-order valence-corrected chi connectivity index (χ4v) is 1.94. The molecular formula is C13H12N2O4. The summed E-state index contributed by atoms with van der Waals surface area (Å²) in [5, 5.41) is 11.4. The van der Waals surface area contributed by atoms with Gasteiger partial charge in [-0.25, -0.2) is 0 Å². The lowest BCUT2D eigenvalue weighted by Crippen LogP contribution is -2.10. The topological polar surface area (TPSA) is 82.3 Å². The highest BCUT2D eigenvalue weighted by Crippen LogP contribution is 2.26. The van der Waals surface area contributed by atoms with Gasteiger partial charge in [-0.3, -0.25) is 19.9 Å². The number of hydrogen-bond acceptors (Lipinski definition) is 5. The van der Waals surface area contributed by atoms with E-state index in [0.717, 1.165) is 0 Å². The van der Waals surface area contributed by atoms with Crippen molar-refractivity contribution in [3.05, 3.63) is 46.1 Å². The number of pyridine rings is 1. The number of rotatable bonds is 5. The first-order valence-electron chi connectivity index (χ1n) is 5.65. The molecule has 0 spiro atoms. The third-order valence-electron chi connectivity index (χ3n) is 2.72. The highest BCUT2D eigenvalue weighted by atomic mass is 16.6. The number of methoxy groups -OCH3 is 1. The van der Waals surface area contributed by atoms with Crippen molar-refractivity contribution in [2.75, 3.05) is 13.7 Å². The molecule has 0 aliphatic heterocycles. The molecule has 0 atom stereocenters. The van der Waals surface area contributed by atoms with Crippen LogP contribution in [0.2, 0.25) is 0 Å². The van der Waals surface area contributed by atoms with Crippen LogP contribution < -0.4 is 0 Å². The van der Waals surface area contributed by atoms with Crippen molar-refractivity contribution < 1.29 is 14.5 Å². The second-order valence-corrected chi connectivity index (χ2v) is 4.05. The predicted octanol–water partition coefficient (Wildman–Crippen LogP) is 1.90. The number of nitro benzene ring substituents is 1. The molecule has 0 N–H and O–H groups in total. The fourth-order valence-electron chi connectivity index (χ4n) is 1.94. The number of ether oxygens (including phenoxy) is 1. The number of non-ortho nitro benzene ring substituents is 1. The smallest absolute Gasteiger partial charge is 0.278 e. The standard InChI is InChI=1S/C13H12N2O4/c1-19-8-10(16)7-9-4-5-12(15(17)18)11-3-2-6-14-13(9)11/h2-6H,7-8H2,1H3. The van der Waals surface area contributed by atoms with E-state index in [0.29, 0.717) is 16.5 Å². The van der Waals surface area contributed by atoms with Gasteiger partial charge in [-0.1, -0.05) is 0 Å². The minimum Gasteiger partial charge on any atom is -0.377 e. The monoisotopic (exact) mass is 260 g/mol. The summed E-state index contributed by atoms with van der Waals surface area (Å²) >= 11 is 0. The van der Waals surface area contributed by atoms with E-state index in [1.165, 1.54) is 13.2 Å². The van der Waals surface area contributed by atoms with E-state index in [1.54, 1.807) is 24.4 Å². The second-order valence-electron chi connectivity index (χ2n) is 4.05. The van der Waals surface area contributed by atoms with Gasteiger partial charge in [0.15, 0.2) is 5.78 Å². The van der Waals surface area contributed by atoms with E-state index in [-0.39, 0.29) is 24.5 Å². The molecule has 1 aromatic carbocycles. The number of nitro groups is 1. The number of carbonyl (C=O) groups is 1. The molecule has 98 valence electrons. The van der Waals surface area contributed by atoms with Crippen molar-refractivity contribution in [3.63, 3.8) is 0 Å². The van der Waals surface area contributed by atoms with Gasteiger partial charge >= 0.3 is 0 Å². The number of ketones is 1. The zero-order valence-corrected chi connectivity index (χ0v) is 10.3. The van der Waals surface area contributed by atoms with Crippen molar-refractivity contribution in [1.82, 2.24) is 4.98 Å². The molecule has 0 unspecified atom stereocenters. The zero-order valence-electron chi connectivity index (χ0n) is 10.3. The van der Waals surface area contributed by atoms with Crippen molar-refractivity contribution in [3.8, 4) is 0 Å². The van der Waals surface area contributed by atoms with E-state index in [1.807, 2.05) is 0 Å². The normalized spacial score (nSPS) is 10.6. The summed E-state index contributed by atoms with van der Waals surface area (Å²) < 4.78 is 4.77. The Balaban J connectivity index is 2.49. The molecule has 0 aliphatic rings. The maximum Gasteiger partial charge on any atom is 0.278 e. The molecule has 19 heavy (non-hydrogen) atoms. The first kappa shape index (κ1) is 13.1. The molecule has 0 radical (unpaired) electrons. The van der Waals surface area contributed by atoms with Gasteiger partial charge in [0.2, 0.25) is 0 Å². The molecule has 6 heteroatoms. The average molecular weight is 260 g/mol. The molecular weight excluding hydrogens is 248 g/mol. The van der Waals surface area contributed by atoms with Crippen LogP contribution in [0.15, 0.2) is 30.5 Å². The number of hydrogen-bond donors (Lipinski definition) is 0. The Labute approximate surface area is 109 Å². The lowest BCUT2D eigenvalue weighted by molar-refractivity contribution is -0.383. The Morgan fingerprint density at radius 1 is 1.42 bits per heavy atom. The van der Waals surface area contributed by atoms with Crippen molar-refractivity contribution in [2.45, 2.75) is 6.42 Å². The molecule has 0 saturated heterocycles.